The molecule has 0 aliphatic carbocycles. The molecule has 4 nitrogen and oxygen atoms in total. The molecular formula is C17H22N2O2. The van der Waals surface area contributed by atoms with Gasteiger partial charge in [0.05, 0.1) is 12.1 Å². The van der Waals surface area contributed by atoms with Crippen molar-refractivity contribution < 1.29 is 9.21 Å². The van der Waals surface area contributed by atoms with E-state index in [2.05, 4.69) is 11.9 Å². The number of hydrogen-bond donors (Lipinski definition) is 0. The number of amides is 1. The first-order valence-electron chi connectivity index (χ1n) is 7.52. The van der Waals surface area contributed by atoms with E-state index in [0.717, 1.165) is 31.5 Å². The summed E-state index contributed by atoms with van der Waals surface area (Å²) in [6, 6.07) is 9.71. The van der Waals surface area contributed by atoms with Gasteiger partial charge in [0.2, 0.25) is 11.8 Å². The molecule has 0 aliphatic rings. The minimum atomic E-state index is 0.110. The number of aromatic nitrogens is 1. The zero-order valence-electron chi connectivity index (χ0n) is 12.7. The number of hydrogen-bond acceptors (Lipinski definition) is 3. The summed E-state index contributed by atoms with van der Waals surface area (Å²) in [4.78, 5) is 18.5. The summed E-state index contributed by atoms with van der Waals surface area (Å²) in [5.74, 6) is 0.675. The SMILES string of the molecule is CCCCN(CC)C(=O)Cc1coc(-c2ccccc2)n1. The van der Waals surface area contributed by atoms with E-state index in [0.29, 0.717) is 18.0 Å². The first-order valence-corrected chi connectivity index (χ1v) is 7.52. The summed E-state index contributed by atoms with van der Waals surface area (Å²) in [5.41, 5.74) is 1.61. The van der Waals surface area contributed by atoms with Crippen LogP contribution in [0.1, 0.15) is 32.4 Å². The second-order valence-corrected chi connectivity index (χ2v) is 5.01. The molecule has 4 heteroatoms. The fraction of sp³-hybridized carbons (Fsp3) is 0.412. The van der Waals surface area contributed by atoms with E-state index in [4.69, 9.17) is 4.42 Å². The van der Waals surface area contributed by atoms with Gasteiger partial charge in [-0.25, -0.2) is 4.98 Å². The van der Waals surface area contributed by atoms with E-state index in [-0.39, 0.29) is 5.91 Å². The van der Waals surface area contributed by atoms with Gasteiger partial charge in [0.1, 0.15) is 6.26 Å². The zero-order chi connectivity index (χ0) is 15.1. The van der Waals surface area contributed by atoms with Crippen molar-refractivity contribution in [2.24, 2.45) is 0 Å². The minimum Gasteiger partial charge on any atom is -0.444 e. The van der Waals surface area contributed by atoms with Crippen LogP contribution in [0.4, 0.5) is 0 Å². The van der Waals surface area contributed by atoms with Gasteiger partial charge in [0.15, 0.2) is 0 Å². The number of rotatable bonds is 7. The number of carbonyl (C=O) groups excluding carboxylic acids is 1. The van der Waals surface area contributed by atoms with Crippen LogP contribution in [0.15, 0.2) is 41.0 Å². The predicted molar refractivity (Wildman–Crippen MR) is 82.8 cm³/mol. The third-order valence-electron chi connectivity index (χ3n) is 3.42. The largest absolute Gasteiger partial charge is 0.444 e. The number of oxazole rings is 1. The number of nitrogens with zero attached hydrogens (tertiary/aromatic N) is 2. The summed E-state index contributed by atoms with van der Waals surface area (Å²) in [7, 11) is 0. The first kappa shape index (κ1) is 15.3. The third-order valence-corrected chi connectivity index (χ3v) is 3.42. The molecule has 1 heterocycles. The van der Waals surface area contributed by atoms with Crippen molar-refractivity contribution in [2.45, 2.75) is 33.1 Å². The summed E-state index contributed by atoms with van der Waals surface area (Å²) >= 11 is 0. The van der Waals surface area contributed by atoms with Crippen molar-refractivity contribution in [2.75, 3.05) is 13.1 Å². The Morgan fingerprint density at radius 2 is 2.00 bits per heavy atom. The molecule has 2 rings (SSSR count). The van der Waals surface area contributed by atoms with Crippen molar-refractivity contribution in [3.05, 3.63) is 42.3 Å². The lowest BCUT2D eigenvalue weighted by molar-refractivity contribution is -0.130. The van der Waals surface area contributed by atoms with Crippen LogP contribution in [-0.4, -0.2) is 28.9 Å². The molecule has 0 atom stereocenters. The van der Waals surface area contributed by atoms with Gasteiger partial charge < -0.3 is 9.32 Å². The summed E-state index contributed by atoms with van der Waals surface area (Å²) in [6.45, 7) is 5.69. The van der Waals surface area contributed by atoms with Crippen LogP contribution in [0.3, 0.4) is 0 Å². The second kappa shape index (κ2) is 7.62. The molecule has 0 unspecified atom stereocenters. The van der Waals surface area contributed by atoms with Crippen molar-refractivity contribution in [1.82, 2.24) is 9.88 Å². The van der Waals surface area contributed by atoms with E-state index < -0.39 is 0 Å². The Kier molecular flexibility index (Phi) is 5.55. The highest BCUT2D eigenvalue weighted by molar-refractivity contribution is 5.78. The van der Waals surface area contributed by atoms with Gasteiger partial charge in [-0.3, -0.25) is 4.79 Å². The number of benzene rings is 1. The quantitative estimate of drug-likeness (QED) is 0.782. The zero-order valence-corrected chi connectivity index (χ0v) is 12.7. The van der Waals surface area contributed by atoms with E-state index in [1.54, 1.807) is 6.26 Å². The molecule has 0 N–H and O–H groups in total. The lowest BCUT2D eigenvalue weighted by Gasteiger charge is -2.19. The highest BCUT2D eigenvalue weighted by Crippen LogP contribution is 2.18. The molecular weight excluding hydrogens is 264 g/mol. The van der Waals surface area contributed by atoms with Crippen LogP contribution in [0.25, 0.3) is 11.5 Å². The summed E-state index contributed by atoms with van der Waals surface area (Å²) in [5, 5.41) is 0. The normalized spacial score (nSPS) is 10.6. The average Bonchev–Trinajstić information content (AvgIpc) is 2.97. The number of unbranched alkanes of at least 4 members (excludes halogenated alkanes) is 1. The predicted octanol–water partition coefficient (Wildman–Crippen LogP) is 3.53. The molecule has 0 fully saturated rings. The van der Waals surface area contributed by atoms with Gasteiger partial charge in [-0.2, -0.15) is 0 Å². The Morgan fingerprint density at radius 3 is 2.67 bits per heavy atom. The molecule has 0 saturated carbocycles. The summed E-state index contributed by atoms with van der Waals surface area (Å²) < 4.78 is 5.46. The van der Waals surface area contributed by atoms with Crippen LogP contribution in [-0.2, 0) is 11.2 Å². The fourth-order valence-electron chi connectivity index (χ4n) is 2.18. The smallest absolute Gasteiger partial charge is 0.228 e. The molecule has 1 aromatic heterocycles. The van der Waals surface area contributed by atoms with Crippen molar-refractivity contribution in [1.29, 1.82) is 0 Å². The molecule has 21 heavy (non-hydrogen) atoms. The maximum absolute atomic E-state index is 12.2. The minimum absolute atomic E-state index is 0.110. The van der Waals surface area contributed by atoms with Gasteiger partial charge in [0.25, 0.3) is 0 Å². The van der Waals surface area contributed by atoms with Crippen molar-refractivity contribution in [3.63, 3.8) is 0 Å². The maximum atomic E-state index is 12.2. The van der Waals surface area contributed by atoms with Gasteiger partial charge in [-0.05, 0) is 25.5 Å². The number of carbonyl (C=O) groups is 1. The highest BCUT2D eigenvalue weighted by Gasteiger charge is 2.15. The van der Waals surface area contributed by atoms with Gasteiger partial charge in [-0.15, -0.1) is 0 Å². The van der Waals surface area contributed by atoms with Crippen molar-refractivity contribution in [3.8, 4) is 11.5 Å². The molecule has 0 bridgehead atoms. The Bertz CT molecular complexity index is 563. The monoisotopic (exact) mass is 286 g/mol. The first-order chi connectivity index (χ1) is 10.2. The fourth-order valence-corrected chi connectivity index (χ4v) is 2.18. The van der Waals surface area contributed by atoms with E-state index in [9.17, 15) is 4.79 Å². The lowest BCUT2D eigenvalue weighted by Crippen LogP contribution is -2.33. The van der Waals surface area contributed by atoms with Gasteiger partial charge in [-0.1, -0.05) is 31.5 Å². The van der Waals surface area contributed by atoms with Crippen LogP contribution in [0.2, 0.25) is 0 Å². The average molecular weight is 286 g/mol. The van der Waals surface area contributed by atoms with E-state index in [1.807, 2.05) is 42.2 Å². The third kappa shape index (κ3) is 4.18. The van der Waals surface area contributed by atoms with E-state index in [1.165, 1.54) is 0 Å². The molecule has 1 amide bonds. The molecule has 0 spiro atoms. The Hall–Kier alpha value is -2.10. The van der Waals surface area contributed by atoms with Crippen LogP contribution in [0, 0.1) is 0 Å². The van der Waals surface area contributed by atoms with Gasteiger partial charge >= 0.3 is 0 Å². The highest BCUT2D eigenvalue weighted by atomic mass is 16.3. The van der Waals surface area contributed by atoms with Crippen LogP contribution in [0.5, 0.6) is 0 Å². The second-order valence-electron chi connectivity index (χ2n) is 5.01. The molecule has 0 saturated heterocycles. The molecule has 1 aromatic carbocycles. The maximum Gasteiger partial charge on any atom is 0.228 e. The standard InChI is InChI=1S/C17H22N2O2/c1-3-5-11-19(4-2)16(20)12-15-13-21-17(18-15)14-9-7-6-8-10-14/h6-10,13H,3-5,11-12H2,1-2H3. The van der Waals surface area contributed by atoms with Crippen LogP contribution >= 0.6 is 0 Å². The van der Waals surface area contributed by atoms with E-state index >= 15 is 0 Å². The Morgan fingerprint density at radius 1 is 1.24 bits per heavy atom. The molecule has 0 radical (unpaired) electrons. The lowest BCUT2D eigenvalue weighted by atomic mass is 10.2. The topological polar surface area (TPSA) is 46.3 Å². The molecule has 112 valence electrons. The molecule has 0 aliphatic heterocycles. The Labute approximate surface area is 125 Å². The van der Waals surface area contributed by atoms with Crippen LogP contribution < -0.4 is 0 Å². The summed E-state index contributed by atoms with van der Waals surface area (Å²) in [6.07, 6.45) is 4.00. The van der Waals surface area contributed by atoms with Crippen molar-refractivity contribution >= 4 is 5.91 Å². The Balaban J connectivity index is 2.00. The number of likely N-dealkylation sites (N-methyl/N-ethyl adjacent to an activating group) is 1. The van der Waals surface area contributed by atoms with Gasteiger partial charge in [0, 0.05) is 18.7 Å². The molecule has 2 aromatic rings.